The van der Waals surface area contributed by atoms with Gasteiger partial charge in [0.25, 0.3) is 10.0 Å². The van der Waals surface area contributed by atoms with Crippen LogP contribution in [0.3, 0.4) is 0 Å². The van der Waals surface area contributed by atoms with Crippen LogP contribution in [0.4, 0.5) is 5.69 Å². The van der Waals surface area contributed by atoms with E-state index >= 15 is 0 Å². The molecule has 29 heavy (non-hydrogen) atoms. The van der Waals surface area contributed by atoms with Crippen LogP contribution in [0.1, 0.15) is 24.3 Å². The van der Waals surface area contributed by atoms with E-state index in [1.807, 2.05) is 0 Å². The molecule has 3 N–H and O–H groups in total. The number of hydrogen-bond donors (Lipinski definition) is 3. The van der Waals surface area contributed by atoms with Gasteiger partial charge in [0.1, 0.15) is 18.0 Å². The standard InChI is InChI=1S/C20H21NO7S/c22-11-18-20-16(9-13(27-18)10-19(23)24)15-8-12(6-7-17(15)28-20)21-29(25,26)14-4-2-1-3-5-14/h1-8,13,16,18,20-22H,9-11H2,(H,23,24)/t13-,16+,18+,20-/m0/s1. The molecule has 9 heteroatoms. The summed E-state index contributed by atoms with van der Waals surface area (Å²) in [5, 5.41) is 18.7. The van der Waals surface area contributed by atoms with Crippen LogP contribution >= 0.6 is 0 Å². The van der Waals surface area contributed by atoms with Crippen LogP contribution in [0.15, 0.2) is 53.4 Å². The number of hydrogen-bond acceptors (Lipinski definition) is 6. The maximum atomic E-state index is 12.6. The second-order valence-electron chi connectivity index (χ2n) is 7.17. The van der Waals surface area contributed by atoms with Crippen molar-refractivity contribution < 1.29 is 32.9 Å². The highest BCUT2D eigenvalue weighted by Crippen LogP contribution is 2.47. The van der Waals surface area contributed by atoms with Crippen molar-refractivity contribution in [1.29, 1.82) is 0 Å². The predicted octanol–water partition coefficient (Wildman–Crippen LogP) is 1.96. The lowest BCUT2D eigenvalue weighted by Gasteiger charge is -2.36. The third kappa shape index (κ3) is 3.93. The molecule has 1 fully saturated rings. The number of ether oxygens (including phenoxy) is 2. The number of carboxylic acids is 1. The van der Waals surface area contributed by atoms with Crippen LogP contribution in [-0.4, -0.2) is 49.5 Å². The van der Waals surface area contributed by atoms with Crippen molar-refractivity contribution in [3.05, 3.63) is 54.1 Å². The Balaban J connectivity index is 1.60. The molecular weight excluding hydrogens is 398 g/mol. The molecule has 4 rings (SSSR count). The lowest BCUT2D eigenvalue weighted by atomic mass is 9.84. The molecule has 1 saturated heterocycles. The Morgan fingerprint density at radius 1 is 1.17 bits per heavy atom. The van der Waals surface area contributed by atoms with Gasteiger partial charge in [-0.1, -0.05) is 18.2 Å². The van der Waals surface area contributed by atoms with E-state index in [0.717, 1.165) is 5.56 Å². The fraction of sp³-hybridized carbons (Fsp3) is 0.350. The highest BCUT2D eigenvalue weighted by Gasteiger charge is 2.46. The minimum Gasteiger partial charge on any atom is -0.487 e. The quantitative estimate of drug-likeness (QED) is 0.654. The number of sulfonamides is 1. The molecule has 0 bridgehead atoms. The van der Waals surface area contributed by atoms with E-state index in [9.17, 15) is 18.3 Å². The first kappa shape index (κ1) is 19.7. The summed E-state index contributed by atoms with van der Waals surface area (Å²) in [6, 6.07) is 13.0. The van der Waals surface area contributed by atoms with Gasteiger partial charge in [-0.15, -0.1) is 0 Å². The number of carboxylic acid groups (broad SMARTS) is 1. The van der Waals surface area contributed by atoms with Crippen LogP contribution in [0.25, 0.3) is 0 Å². The van der Waals surface area contributed by atoms with E-state index in [1.54, 1.807) is 36.4 Å². The number of aliphatic hydroxyl groups excluding tert-OH is 1. The van der Waals surface area contributed by atoms with Gasteiger partial charge in [0.05, 0.1) is 24.0 Å². The first-order valence-electron chi connectivity index (χ1n) is 9.24. The zero-order valence-electron chi connectivity index (χ0n) is 15.4. The first-order valence-corrected chi connectivity index (χ1v) is 10.7. The molecule has 2 aromatic rings. The van der Waals surface area contributed by atoms with E-state index < -0.39 is 34.3 Å². The largest absolute Gasteiger partial charge is 0.487 e. The average Bonchev–Trinajstić information content (AvgIpc) is 3.05. The fourth-order valence-electron chi connectivity index (χ4n) is 3.96. The zero-order chi connectivity index (χ0) is 20.6. The Labute approximate surface area is 168 Å². The molecule has 4 atom stereocenters. The zero-order valence-corrected chi connectivity index (χ0v) is 16.2. The van der Waals surface area contributed by atoms with E-state index in [4.69, 9.17) is 14.6 Å². The van der Waals surface area contributed by atoms with Crippen molar-refractivity contribution in [2.45, 2.75) is 42.0 Å². The number of fused-ring (bicyclic) bond motifs is 3. The van der Waals surface area contributed by atoms with E-state index in [0.29, 0.717) is 17.9 Å². The summed E-state index contributed by atoms with van der Waals surface area (Å²) in [5.74, 6) is -0.587. The summed E-state index contributed by atoms with van der Waals surface area (Å²) in [6.45, 7) is -0.293. The Hall–Kier alpha value is -2.62. The molecule has 154 valence electrons. The normalized spacial score (nSPS) is 25.6. The van der Waals surface area contributed by atoms with Crippen molar-refractivity contribution in [2.75, 3.05) is 11.3 Å². The van der Waals surface area contributed by atoms with Crippen molar-refractivity contribution >= 4 is 21.7 Å². The van der Waals surface area contributed by atoms with Gasteiger partial charge >= 0.3 is 5.97 Å². The van der Waals surface area contributed by atoms with E-state index in [-0.39, 0.29) is 23.8 Å². The maximum Gasteiger partial charge on any atom is 0.305 e. The molecule has 0 amide bonds. The molecular formula is C20H21NO7S. The molecule has 2 heterocycles. The van der Waals surface area contributed by atoms with E-state index in [1.165, 1.54) is 12.1 Å². The first-order chi connectivity index (χ1) is 13.9. The summed E-state index contributed by atoms with van der Waals surface area (Å²) in [7, 11) is -3.74. The third-order valence-electron chi connectivity index (χ3n) is 5.21. The molecule has 0 saturated carbocycles. The van der Waals surface area contributed by atoms with Gasteiger partial charge in [-0.3, -0.25) is 9.52 Å². The van der Waals surface area contributed by atoms with Crippen LogP contribution in [0.5, 0.6) is 5.75 Å². The second-order valence-corrected chi connectivity index (χ2v) is 8.86. The number of benzene rings is 2. The van der Waals surface area contributed by atoms with Crippen LogP contribution in [-0.2, 0) is 19.6 Å². The Morgan fingerprint density at radius 2 is 1.93 bits per heavy atom. The summed E-state index contributed by atoms with van der Waals surface area (Å²) in [4.78, 5) is 11.3. The minimum absolute atomic E-state index is 0.155. The number of nitrogens with one attached hydrogen (secondary N) is 1. The van der Waals surface area contributed by atoms with Gasteiger partial charge in [-0.05, 0) is 36.8 Å². The number of anilines is 1. The lowest BCUT2D eigenvalue weighted by Crippen LogP contribution is -2.46. The molecule has 0 unspecified atom stereocenters. The number of aliphatic carboxylic acids is 1. The van der Waals surface area contributed by atoms with Crippen molar-refractivity contribution in [1.82, 2.24) is 0 Å². The molecule has 8 nitrogen and oxygen atoms in total. The van der Waals surface area contributed by atoms with Gasteiger partial charge in [-0.2, -0.15) is 0 Å². The summed E-state index contributed by atoms with van der Waals surface area (Å²) in [6.07, 6.45) is -1.40. The summed E-state index contributed by atoms with van der Waals surface area (Å²) in [5.41, 5.74) is 1.17. The molecule has 0 radical (unpaired) electrons. The summed E-state index contributed by atoms with van der Waals surface area (Å²) >= 11 is 0. The minimum atomic E-state index is -3.74. The summed E-state index contributed by atoms with van der Waals surface area (Å²) < 4.78 is 39.4. The molecule has 2 aliphatic heterocycles. The highest BCUT2D eigenvalue weighted by atomic mass is 32.2. The van der Waals surface area contributed by atoms with Gasteiger partial charge in [-0.25, -0.2) is 8.42 Å². The lowest BCUT2D eigenvalue weighted by molar-refractivity contribution is -0.153. The number of rotatable bonds is 6. The Bertz CT molecular complexity index is 1010. The van der Waals surface area contributed by atoms with Gasteiger partial charge < -0.3 is 19.7 Å². The predicted molar refractivity (Wildman–Crippen MR) is 103 cm³/mol. The van der Waals surface area contributed by atoms with Crippen molar-refractivity contribution in [2.24, 2.45) is 0 Å². The molecule has 2 aromatic carbocycles. The van der Waals surface area contributed by atoms with Gasteiger partial charge in [0, 0.05) is 17.2 Å². The van der Waals surface area contributed by atoms with Crippen LogP contribution < -0.4 is 9.46 Å². The maximum absolute atomic E-state index is 12.6. The molecule has 2 aliphatic rings. The van der Waals surface area contributed by atoms with Crippen molar-refractivity contribution in [3.8, 4) is 5.75 Å². The van der Waals surface area contributed by atoms with Gasteiger partial charge in [0.2, 0.25) is 0 Å². The topological polar surface area (TPSA) is 122 Å². The molecule has 0 spiro atoms. The Morgan fingerprint density at radius 3 is 2.62 bits per heavy atom. The molecule has 0 aromatic heterocycles. The van der Waals surface area contributed by atoms with E-state index in [2.05, 4.69) is 4.72 Å². The van der Waals surface area contributed by atoms with Gasteiger partial charge in [0.15, 0.2) is 0 Å². The smallest absolute Gasteiger partial charge is 0.305 e. The Kier molecular flexibility index (Phi) is 5.20. The monoisotopic (exact) mass is 419 g/mol. The molecule has 0 aliphatic carbocycles. The van der Waals surface area contributed by atoms with Crippen molar-refractivity contribution in [3.63, 3.8) is 0 Å². The second kappa shape index (κ2) is 7.66. The SMILES string of the molecule is O=C(O)C[C@@H]1C[C@@H]2c3cc(NS(=O)(=O)c4ccccc4)ccc3O[C@@H]2[C@@H](CO)O1. The number of aliphatic hydroxyl groups is 1. The average molecular weight is 419 g/mol. The highest BCUT2D eigenvalue weighted by molar-refractivity contribution is 7.92. The fourth-order valence-corrected chi connectivity index (χ4v) is 5.03. The van der Waals surface area contributed by atoms with Crippen LogP contribution in [0, 0.1) is 0 Å². The van der Waals surface area contributed by atoms with Crippen LogP contribution in [0.2, 0.25) is 0 Å². The number of carbonyl (C=O) groups is 1. The third-order valence-corrected chi connectivity index (χ3v) is 6.60.